The molecule has 0 fully saturated rings. The quantitative estimate of drug-likeness (QED) is 0.686. The van der Waals surface area contributed by atoms with E-state index in [9.17, 15) is 4.79 Å². The maximum absolute atomic E-state index is 11.7. The summed E-state index contributed by atoms with van der Waals surface area (Å²) in [6, 6.07) is 20.3. The fraction of sp³-hybridized carbons (Fsp3) is 0. The second kappa shape index (κ2) is 5.35. The molecular weight excluding hydrogens is 272 g/mol. The van der Waals surface area contributed by atoms with Crippen LogP contribution in [0.5, 0.6) is 0 Å². The van der Waals surface area contributed by atoms with Crippen LogP contribution in [0.2, 0.25) is 5.02 Å². The summed E-state index contributed by atoms with van der Waals surface area (Å²) in [4.78, 5) is 11.7. The fourth-order valence-electron chi connectivity index (χ4n) is 2.03. The van der Waals surface area contributed by atoms with Crippen LogP contribution in [0.3, 0.4) is 0 Å². The molecule has 0 radical (unpaired) electrons. The predicted octanol–water partition coefficient (Wildman–Crippen LogP) is 4.63. The normalized spacial score (nSPS) is 10.4. The lowest BCUT2D eigenvalue weighted by Gasteiger charge is -2.04. The van der Waals surface area contributed by atoms with Gasteiger partial charge in [-0.25, -0.2) is 4.79 Å². The minimum atomic E-state index is -0.365. The van der Waals surface area contributed by atoms with Gasteiger partial charge in [-0.2, -0.15) is 0 Å². The Kier molecular flexibility index (Phi) is 3.40. The molecule has 0 saturated heterocycles. The number of rotatable bonds is 2. The number of halogens is 1. The van der Waals surface area contributed by atoms with Gasteiger partial charge in [0.25, 0.3) is 0 Å². The summed E-state index contributed by atoms with van der Waals surface area (Å²) >= 11 is 5.87. The zero-order valence-electron chi connectivity index (χ0n) is 10.5. The molecule has 0 aliphatic heterocycles. The molecule has 0 amide bonds. The first-order valence-corrected chi connectivity index (χ1v) is 6.57. The highest BCUT2D eigenvalue weighted by atomic mass is 35.5. The van der Waals surface area contributed by atoms with E-state index in [1.165, 1.54) is 6.07 Å². The molecule has 3 heteroatoms. The van der Waals surface area contributed by atoms with Gasteiger partial charge in [0.15, 0.2) is 0 Å². The van der Waals surface area contributed by atoms with Crippen molar-refractivity contribution in [2.45, 2.75) is 0 Å². The summed E-state index contributed by atoms with van der Waals surface area (Å²) in [5.41, 5.74) is 2.28. The summed E-state index contributed by atoms with van der Waals surface area (Å²) in [5.74, 6) is 0.535. The lowest BCUT2D eigenvalue weighted by molar-refractivity contribution is 0.526. The molecule has 0 unspecified atom stereocenters. The number of hydrogen-bond acceptors (Lipinski definition) is 2. The summed E-state index contributed by atoms with van der Waals surface area (Å²) in [6.45, 7) is 0. The van der Waals surface area contributed by atoms with E-state index in [-0.39, 0.29) is 5.63 Å². The highest BCUT2D eigenvalue weighted by Crippen LogP contribution is 2.25. The van der Waals surface area contributed by atoms with Gasteiger partial charge >= 0.3 is 5.63 Å². The first kappa shape index (κ1) is 12.7. The number of hydrogen-bond donors (Lipinski definition) is 0. The molecule has 0 N–H and O–H groups in total. The standard InChI is InChI=1S/C17H11ClO2/c18-15-8-6-13(7-9-15)16-10-14(11-17(19)20-16)12-4-2-1-3-5-12/h1-11H. The fourth-order valence-corrected chi connectivity index (χ4v) is 2.16. The van der Waals surface area contributed by atoms with Gasteiger partial charge < -0.3 is 4.42 Å². The Morgan fingerprint density at radius 1 is 0.750 bits per heavy atom. The van der Waals surface area contributed by atoms with Crippen molar-refractivity contribution in [1.29, 1.82) is 0 Å². The molecule has 1 heterocycles. The maximum atomic E-state index is 11.7. The third-order valence-electron chi connectivity index (χ3n) is 3.01. The summed E-state index contributed by atoms with van der Waals surface area (Å²) < 4.78 is 5.27. The van der Waals surface area contributed by atoms with Gasteiger partial charge in [-0.05, 0) is 41.5 Å². The van der Waals surface area contributed by atoms with Crippen molar-refractivity contribution < 1.29 is 4.42 Å². The van der Waals surface area contributed by atoms with Crippen LogP contribution in [0.1, 0.15) is 0 Å². The Bertz CT molecular complexity index is 774. The van der Waals surface area contributed by atoms with E-state index in [1.54, 1.807) is 12.1 Å². The van der Waals surface area contributed by atoms with Crippen LogP contribution < -0.4 is 5.63 Å². The molecule has 3 rings (SSSR count). The zero-order chi connectivity index (χ0) is 13.9. The van der Waals surface area contributed by atoms with Crippen molar-refractivity contribution >= 4 is 11.6 Å². The highest BCUT2D eigenvalue weighted by Gasteiger charge is 2.06. The van der Waals surface area contributed by atoms with E-state index < -0.39 is 0 Å². The lowest BCUT2D eigenvalue weighted by atomic mass is 10.0. The first-order valence-electron chi connectivity index (χ1n) is 6.19. The Hall–Kier alpha value is -2.32. The molecule has 0 atom stereocenters. The van der Waals surface area contributed by atoms with E-state index in [4.69, 9.17) is 16.0 Å². The maximum Gasteiger partial charge on any atom is 0.336 e. The summed E-state index contributed by atoms with van der Waals surface area (Å²) in [6.07, 6.45) is 0. The lowest BCUT2D eigenvalue weighted by Crippen LogP contribution is -1.98. The highest BCUT2D eigenvalue weighted by molar-refractivity contribution is 6.30. The first-order chi connectivity index (χ1) is 9.72. The van der Waals surface area contributed by atoms with Crippen LogP contribution in [-0.4, -0.2) is 0 Å². The van der Waals surface area contributed by atoms with Gasteiger partial charge in [0.1, 0.15) is 5.76 Å². The summed E-state index contributed by atoms with van der Waals surface area (Å²) in [5, 5.41) is 0.648. The summed E-state index contributed by atoms with van der Waals surface area (Å²) in [7, 11) is 0. The van der Waals surface area contributed by atoms with Crippen molar-refractivity contribution in [3.05, 3.63) is 82.2 Å². The van der Waals surface area contributed by atoms with Crippen LogP contribution >= 0.6 is 11.6 Å². The van der Waals surface area contributed by atoms with Gasteiger partial charge in [-0.1, -0.05) is 41.9 Å². The van der Waals surface area contributed by atoms with Crippen molar-refractivity contribution in [1.82, 2.24) is 0 Å². The Labute approximate surface area is 121 Å². The molecule has 1 aromatic heterocycles. The molecule has 0 spiro atoms. The zero-order valence-corrected chi connectivity index (χ0v) is 11.3. The second-order valence-corrected chi connectivity index (χ2v) is 4.84. The molecule has 0 aliphatic rings. The molecule has 0 bridgehead atoms. The average Bonchev–Trinajstić information content (AvgIpc) is 2.48. The monoisotopic (exact) mass is 282 g/mol. The predicted molar refractivity (Wildman–Crippen MR) is 80.9 cm³/mol. The van der Waals surface area contributed by atoms with Crippen molar-refractivity contribution in [3.8, 4) is 22.5 Å². The largest absolute Gasteiger partial charge is 0.423 e. The third-order valence-corrected chi connectivity index (χ3v) is 3.26. The minimum absolute atomic E-state index is 0.365. The second-order valence-electron chi connectivity index (χ2n) is 4.40. The van der Waals surface area contributed by atoms with Gasteiger partial charge in [-0.15, -0.1) is 0 Å². The van der Waals surface area contributed by atoms with Crippen LogP contribution in [0.25, 0.3) is 22.5 Å². The van der Waals surface area contributed by atoms with E-state index in [1.807, 2.05) is 48.5 Å². The van der Waals surface area contributed by atoms with Gasteiger partial charge in [-0.3, -0.25) is 0 Å². The van der Waals surface area contributed by atoms with Crippen LogP contribution in [0.4, 0.5) is 0 Å². The Balaban J connectivity index is 2.12. The SMILES string of the molecule is O=c1cc(-c2ccccc2)cc(-c2ccc(Cl)cc2)o1. The van der Waals surface area contributed by atoms with Crippen LogP contribution in [0, 0.1) is 0 Å². The molecule has 3 aromatic rings. The van der Waals surface area contributed by atoms with Crippen LogP contribution in [0.15, 0.2) is 75.9 Å². The minimum Gasteiger partial charge on any atom is -0.423 e. The number of benzene rings is 2. The molecule has 98 valence electrons. The molecule has 0 saturated carbocycles. The van der Waals surface area contributed by atoms with Gasteiger partial charge in [0, 0.05) is 16.7 Å². The molecule has 0 aliphatic carbocycles. The average molecular weight is 283 g/mol. The van der Waals surface area contributed by atoms with Gasteiger partial charge in [0.2, 0.25) is 0 Å². The topological polar surface area (TPSA) is 30.2 Å². The van der Waals surface area contributed by atoms with Crippen molar-refractivity contribution in [2.75, 3.05) is 0 Å². The Morgan fingerprint density at radius 3 is 2.15 bits per heavy atom. The smallest absolute Gasteiger partial charge is 0.336 e. The molecule has 2 nitrogen and oxygen atoms in total. The van der Waals surface area contributed by atoms with Crippen molar-refractivity contribution in [3.63, 3.8) is 0 Å². The van der Waals surface area contributed by atoms with E-state index in [0.29, 0.717) is 10.8 Å². The van der Waals surface area contributed by atoms with E-state index in [0.717, 1.165) is 16.7 Å². The Morgan fingerprint density at radius 2 is 1.45 bits per heavy atom. The van der Waals surface area contributed by atoms with Crippen molar-refractivity contribution in [2.24, 2.45) is 0 Å². The molecule has 2 aromatic carbocycles. The third kappa shape index (κ3) is 2.65. The molecule has 20 heavy (non-hydrogen) atoms. The van der Waals surface area contributed by atoms with Crippen LogP contribution in [-0.2, 0) is 0 Å². The van der Waals surface area contributed by atoms with E-state index >= 15 is 0 Å². The van der Waals surface area contributed by atoms with E-state index in [2.05, 4.69) is 0 Å². The van der Waals surface area contributed by atoms with Gasteiger partial charge in [0.05, 0.1) is 0 Å². The molecular formula is C17H11ClO2.